The highest BCUT2D eigenvalue weighted by atomic mass is 79.9. The Hall–Kier alpha value is -2.06. The average Bonchev–Trinajstić information content (AvgIpc) is 3.23. The van der Waals surface area contributed by atoms with Gasteiger partial charge in [0.25, 0.3) is 0 Å². The standard InChI is InChI=1S/C18H20BrClN4O3/c1-10-7-13(24(9-10)14(25)8-21-18(26)27-2)17-22-15(16(20)23-17)11-3-5-12(19)6-4-11/h3-6,10,13H,7-9H2,1-2H3,(H,21,26)(H,22,23). The maximum Gasteiger partial charge on any atom is 0.407 e. The van der Waals surface area contributed by atoms with Crippen molar-refractivity contribution in [2.24, 2.45) is 5.92 Å². The number of carbonyl (C=O) groups is 2. The first-order valence-electron chi connectivity index (χ1n) is 8.51. The summed E-state index contributed by atoms with van der Waals surface area (Å²) >= 11 is 9.79. The summed E-state index contributed by atoms with van der Waals surface area (Å²) in [5.41, 5.74) is 1.54. The van der Waals surface area contributed by atoms with Crippen molar-refractivity contribution in [2.45, 2.75) is 19.4 Å². The summed E-state index contributed by atoms with van der Waals surface area (Å²) in [4.78, 5) is 33.3. The normalized spacial score (nSPS) is 19.2. The van der Waals surface area contributed by atoms with Crippen molar-refractivity contribution in [1.29, 1.82) is 0 Å². The molecule has 7 nitrogen and oxygen atoms in total. The number of likely N-dealkylation sites (tertiary alicyclic amines) is 1. The molecule has 1 aliphatic rings. The lowest BCUT2D eigenvalue weighted by molar-refractivity contribution is -0.131. The summed E-state index contributed by atoms with van der Waals surface area (Å²) < 4.78 is 5.48. The molecular formula is C18H20BrClN4O3. The third-order valence-corrected chi connectivity index (χ3v) is 5.31. The van der Waals surface area contributed by atoms with Crippen LogP contribution < -0.4 is 5.32 Å². The minimum atomic E-state index is -0.634. The van der Waals surface area contributed by atoms with Crippen molar-refractivity contribution in [3.05, 3.63) is 39.7 Å². The molecule has 1 aromatic carbocycles. The van der Waals surface area contributed by atoms with Crippen molar-refractivity contribution in [3.63, 3.8) is 0 Å². The number of nitrogens with zero attached hydrogens (tertiary/aromatic N) is 2. The number of alkyl carbamates (subject to hydrolysis) is 1. The van der Waals surface area contributed by atoms with Gasteiger partial charge in [0.1, 0.15) is 23.2 Å². The summed E-state index contributed by atoms with van der Waals surface area (Å²) in [6.07, 6.45) is 0.138. The minimum Gasteiger partial charge on any atom is -0.453 e. The molecule has 0 bridgehead atoms. The monoisotopic (exact) mass is 454 g/mol. The number of aromatic nitrogens is 2. The van der Waals surface area contributed by atoms with Crippen molar-refractivity contribution < 1.29 is 14.3 Å². The van der Waals surface area contributed by atoms with Crippen LogP contribution in [0.1, 0.15) is 25.2 Å². The molecule has 3 rings (SSSR count). The smallest absolute Gasteiger partial charge is 0.407 e. The van der Waals surface area contributed by atoms with Crippen LogP contribution >= 0.6 is 27.5 Å². The first-order valence-corrected chi connectivity index (χ1v) is 9.68. The number of imidazole rings is 1. The third kappa shape index (κ3) is 4.44. The van der Waals surface area contributed by atoms with E-state index >= 15 is 0 Å². The number of aromatic amines is 1. The number of hydrogen-bond acceptors (Lipinski definition) is 4. The first kappa shape index (κ1) is 19.7. The molecule has 0 spiro atoms. The molecule has 144 valence electrons. The zero-order valence-electron chi connectivity index (χ0n) is 15.0. The SMILES string of the molecule is COC(=O)NCC(=O)N1CC(C)CC1c1nc(-c2ccc(Br)cc2)c(Cl)[nH]1. The summed E-state index contributed by atoms with van der Waals surface area (Å²) in [6.45, 7) is 2.55. The predicted octanol–water partition coefficient (Wildman–Crippen LogP) is 3.76. The van der Waals surface area contributed by atoms with Gasteiger partial charge in [-0.3, -0.25) is 4.79 Å². The quantitative estimate of drug-likeness (QED) is 0.735. The Kier molecular flexibility index (Phi) is 6.06. The molecule has 2 N–H and O–H groups in total. The van der Waals surface area contributed by atoms with Crippen LogP contribution in [-0.2, 0) is 9.53 Å². The molecule has 0 saturated carbocycles. The molecule has 1 aliphatic heterocycles. The van der Waals surface area contributed by atoms with E-state index in [1.807, 2.05) is 24.3 Å². The lowest BCUT2D eigenvalue weighted by Crippen LogP contribution is -2.40. The summed E-state index contributed by atoms with van der Waals surface area (Å²) in [5, 5.41) is 2.87. The van der Waals surface area contributed by atoms with Gasteiger partial charge in [-0.25, -0.2) is 9.78 Å². The molecule has 27 heavy (non-hydrogen) atoms. The second-order valence-corrected chi connectivity index (χ2v) is 7.83. The Bertz CT molecular complexity index is 840. The average molecular weight is 456 g/mol. The minimum absolute atomic E-state index is 0.121. The topological polar surface area (TPSA) is 87.3 Å². The second-order valence-electron chi connectivity index (χ2n) is 6.54. The van der Waals surface area contributed by atoms with Crippen molar-refractivity contribution in [3.8, 4) is 11.3 Å². The van der Waals surface area contributed by atoms with E-state index in [9.17, 15) is 9.59 Å². The van der Waals surface area contributed by atoms with Crippen LogP contribution in [0.15, 0.2) is 28.7 Å². The molecule has 0 aliphatic carbocycles. The van der Waals surface area contributed by atoms with Crippen LogP contribution in [0.4, 0.5) is 4.79 Å². The number of carbonyl (C=O) groups excluding carboxylic acids is 2. The van der Waals surface area contributed by atoms with Crippen molar-refractivity contribution in [1.82, 2.24) is 20.2 Å². The van der Waals surface area contributed by atoms with E-state index in [2.05, 4.69) is 42.9 Å². The largest absolute Gasteiger partial charge is 0.453 e. The molecule has 2 aromatic rings. The summed E-state index contributed by atoms with van der Waals surface area (Å²) in [7, 11) is 1.26. The van der Waals surface area contributed by atoms with Crippen LogP contribution in [-0.4, -0.2) is 47.1 Å². The van der Waals surface area contributed by atoms with Crippen molar-refractivity contribution >= 4 is 39.5 Å². The highest BCUT2D eigenvalue weighted by Crippen LogP contribution is 2.36. The zero-order chi connectivity index (χ0) is 19.6. The van der Waals surface area contributed by atoms with E-state index in [0.717, 1.165) is 16.5 Å². The van der Waals surface area contributed by atoms with Crippen LogP contribution in [0.2, 0.25) is 5.15 Å². The number of ether oxygens (including phenoxy) is 1. The van der Waals surface area contributed by atoms with Gasteiger partial charge < -0.3 is 19.9 Å². The molecule has 1 fully saturated rings. The molecule has 0 radical (unpaired) electrons. The van der Waals surface area contributed by atoms with Gasteiger partial charge in [-0.15, -0.1) is 0 Å². The van der Waals surface area contributed by atoms with E-state index in [0.29, 0.717) is 29.1 Å². The lowest BCUT2D eigenvalue weighted by atomic mass is 10.1. The first-order chi connectivity index (χ1) is 12.9. The van der Waals surface area contributed by atoms with Crippen LogP contribution in [0, 0.1) is 5.92 Å². The van der Waals surface area contributed by atoms with Crippen molar-refractivity contribution in [2.75, 3.05) is 20.2 Å². The predicted molar refractivity (Wildman–Crippen MR) is 105 cm³/mol. The molecule has 2 unspecified atom stereocenters. The molecule has 9 heteroatoms. The fourth-order valence-electron chi connectivity index (χ4n) is 3.23. The summed E-state index contributed by atoms with van der Waals surface area (Å²) in [5.74, 6) is 0.776. The molecule has 2 atom stereocenters. The van der Waals surface area contributed by atoms with Gasteiger partial charge in [0.2, 0.25) is 5.91 Å². The maximum atomic E-state index is 12.6. The fourth-order valence-corrected chi connectivity index (χ4v) is 3.74. The van der Waals surface area contributed by atoms with Crippen LogP contribution in [0.25, 0.3) is 11.3 Å². The second kappa shape index (κ2) is 8.31. The number of methoxy groups -OCH3 is 1. The number of nitrogens with one attached hydrogen (secondary N) is 2. The molecule has 1 aromatic heterocycles. The van der Waals surface area contributed by atoms with Crippen LogP contribution in [0.3, 0.4) is 0 Å². The highest BCUT2D eigenvalue weighted by molar-refractivity contribution is 9.10. The van der Waals surface area contributed by atoms with Crippen LogP contribution in [0.5, 0.6) is 0 Å². The molecule has 2 heterocycles. The number of halogens is 2. The van der Waals surface area contributed by atoms with Gasteiger partial charge in [0.05, 0.1) is 13.2 Å². The summed E-state index contributed by atoms with van der Waals surface area (Å²) in [6, 6.07) is 7.48. The Morgan fingerprint density at radius 1 is 1.41 bits per heavy atom. The van der Waals surface area contributed by atoms with E-state index in [1.54, 1.807) is 4.90 Å². The van der Waals surface area contributed by atoms with Gasteiger partial charge in [-0.2, -0.15) is 0 Å². The van der Waals surface area contributed by atoms with E-state index in [-0.39, 0.29) is 18.5 Å². The maximum absolute atomic E-state index is 12.6. The van der Waals surface area contributed by atoms with E-state index in [4.69, 9.17) is 11.6 Å². The van der Waals surface area contributed by atoms with Gasteiger partial charge >= 0.3 is 6.09 Å². The van der Waals surface area contributed by atoms with Gasteiger partial charge in [0, 0.05) is 16.6 Å². The Balaban J connectivity index is 1.81. The number of amides is 2. The van der Waals surface area contributed by atoms with Gasteiger partial charge in [0.15, 0.2) is 0 Å². The van der Waals surface area contributed by atoms with Gasteiger partial charge in [-0.1, -0.05) is 46.6 Å². The number of H-pyrrole nitrogens is 1. The number of benzene rings is 1. The number of hydrogen-bond donors (Lipinski definition) is 2. The van der Waals surface area contributed by atoms with Gasteiger partial charge in [-0.05, 0) is 24.5 Å². The zero-order valence-corrected chi connectivity index (χ0v) is 17.3. The van der Waals surface area contributed by atoms with E-state index < -0.39 is 6.09 Å². The fraction of sp³-hybridized carbons (Fsp3) is 0.389. The molecule has 1 saturated heterocycles. The molecular weight excluding hydrogens is 436 g/mol. The lowest BCUT2D eigenvalue weighted by Gasteiger charge is -2.23. The number of rotatable bonds is 4. The Morgan fingerprint density at radius 2 is 2.11 bits per heavy atom. The Labute approximate surface area is 170 Å². The highest BCUT2D eigenvalue weighted by Gasteiger charge is 2.36. The Morgan fingerprint density at radius 3 is 2.78 bits per heavy atom. The van der Waals surface area contributed by atoms with E-state index in [1.165, 1.54) is 7.11 Å². The molecule has 2 amide bonds. The third-order valence-electron chi connectivity index (χ3n) is 4.51.